The third-order valence-corrected chi connectivity index (χ3v) is 3.23. The van der Waals surface area contributed by atoms with Gasteiger partial charge < -0.3 is 10.6 Å². The number of hydrogen-bond acceptors (Lipinski definition) is 3. The lowest BCUT2D eigenvalue weighted by molar-refractivity contribution is -0.133. The number of nitrogens with zero attached hydrogens (tertiary/aromatic N) is 2. The third kappa shape index (κ3) is 2.48. The Morgan fingerprint density at radius 3 is 2.93 bits per heavy atom. The second-order valence-corrected chi connectivity index (χ2v) is 4.23. The molecule has 0 aliphatic carbocycles. The molecule has 0 spiro atoms. The van der Waals surface area contributed by atoms with Crippen molar-refractivity contribution < 1.29 is 4.79 Å². The molecular weight excluding hydrogens is 190 g/mol. The van der Waals surface area contributed by atoms with Crippen molar-refractivity contribution in [2.45, 2.75) is 45.2 Å². The second kappa shape index (κ2) is 5.13. The van der Waals surface area contributed by atoms with Crippen molar-refractivity contribution in [3.63, 3.8) is 0 Å². The summed E-state index contributed by atoms with van der Waals surface area (Å²) in [4.78, 5) is 13.6. The fourth-order valence-corrected chi connectivity index (χ4v) is 1.85. The van der Waals surface area contributed by atoms with E-state index in [1.165, 1.54) is 0 Å². The van der Waals surface area contributed by atoms with E-state index in [9.17, 15) is 4.79 Å². The first-order valence-electron chi connectivity index (χ1n) is 5.57. The van der Waals surface area contributed by atoms with Crippen LogP contribution in [0.15, 0.2) is 0 Å². The van der Waals surface area contributed by atoms with Crippen LogP contribution in [0.25, 0.3) is 0 Å². The van der Waals surface area contributed by atoms with Crippen molar-refractivity contribution in [2.24, 2.45) is 11.7 Å². The van der Waals surface area contributed by atoms with Crippen molar-refractivity contribution >= 4 is 5.91 Å². The van der Waals surface area contributed by atoms with Crippen LogP contribution in [0.3, 0.4) is 0 Å². The van der Waals surface area contributed by atoms with Gasteiger partial charge in [0, 0.05) is 6.54 Å². The number of carbonyl (C=O) groups excluding carboxylic acids is 1. The first-order chi connectivity index (χ1) is 7.11. The first kappa shape index (κ1) is 12.0. The molecule has 0 radical (unpaired) electrons. The maximum atomic E-state index is 12.0. The van der Waals surface area contributed by atoms with Gasteiger partial charge in [-0.1, -0.05) is 20.3 Å². The van der Waals surface area contributed by atoms with Gasteiger partial charge in [-0.05, 0) is 18.8 Å². The topological polar surface area (TPSA) is 70.1 Å². The Labute approximate surface area is 91.0 Å². The van der Waals surface area contributed by atoms with E-state index in [2.05, 4.69) is 6.07 Å². The van der Waals surface area contributed by atoms with Gasteiger partial charge in [-0.3, -0.25) is 4.79 Å². The molecule has 4 heteroatoms. The maximum absolute atomic E-state index is 12.0. The Bertz CT molecular complexity index is 271. The molecule has 1 aliphatic heterocycles. The highest BCUT2D eigenvalue weighted by molar-refractivity contribution is 5.82. The Kier molecular flexibility index (Phi) is 4.10. The molecule has 1 unspecified atom stereocenters. The smallest absolute Gasteiger partial charge is 0.240 e. The quantitative estimate of drug-likeness (QED) is 0.750. The van der Waals surface area contributed by atoms with E-state index >= 15 is 0 Å². The predicted molar refractivity (Wildman–Crippen MR) is 57.8 cm³/mol. The molecule has 1 fully saturated rings. The lowest BCUT2D eigenvalue weighted by atomic mass is 9.99. The van der Waals surface area contributed by atoms with Crippen LogP contribution in [0.4, 0.5) is 0 Å². The monoisotopic (exact) mass is 209 g/mol. The number of hydrogen-bond donors (Lipinski definition) is 1. The van der Waals surface area contributed by atoms with Gasteiger partial charge >= 0.3 is 0 Å². The number of rotatable bonds is 3. The molecule has 0 aromatic carbocycles. The number of amides is 1. The van der Waals surface area contributed by atoms with Crippen LogP contribution in [0.1, 0.15) is 33.1 Å². The number of nitrogens with two attached hydrogens (primary N) is 1. The fourth-order valence-electron chi connectivity index (χ4n) is 1.85. The Hall–Kier alpha value is -1.08. The van der Waals surface area contributed by atoms with Gasteiger partial charge in [0.15, 0.2) is 0 Å². The predicted octanol–water partition coefficient (Wildman–Crippen LogP) is 0.874. The molecule has 2 N–H and O–H groups in total. The second-order valence-electron chi connectivity index (χ2n) is 4.23. The van der Waals surface area contributed by atoms with Gasteiger partial charge in [0.05, 0.1) is 12.1 Å². The molecular formula is C11H19N3O. The normalized spacial score (nSPS) is 24.7. The van der Waals surface area contributed by atoms with E-state index in [-0.39, 0.29) is 17.9 Å². The van der Waals surface area contributed by atoms with Crippen LogP contribution in [0, 0.1) is 17.2 Å². The van der Waals surface area contributed by atoms with E-state index in [4.69, 9.17) is 11.0 Å². The van der Waals surface area contributed by atoms with Crippen molar-refractivity contribution in [1.29, 1.82) is 5.26 Å². The summed E-state index contributed by atoms with van der Waals surface area (Å²) in [7, 11) is 0. The molecule has 15 heavy (non-hydrogen) atoms. The van der Waals surface area contributed by atoms with Crippen molar-refractivity contribution in [3.8, 4) is 6.07 Å². The highest BCUT2D eigenvalue weighted by Crippen LogP contribution is 2.19. The van der Waals surface area contributed by atoms with Crippen LogP contribution < -0.4 is 5.73 Å². The highest BCUT2D eigenvalue weighted by Gasteiger charge is 2.33. The summed E-state index contributed by atoms with van der Waals surface area (Å²) in [5, 5.41) is 8.88. The summed E-state index contributed by atoms with van der Waals surface area (Å²) in [6.07, 6.45) is 2.59. The molecule has 3 atom stereocenters. The van der Waals surface area contributed by atoms with Gasteiger partial charge in [0.2, 0.25) is 5.91 Å². The molecule has 0 aromatic heterocycles. The minimum Gasteiger partial charge on any atom is -0.325 e. The van der Waals surface area contributed by atoms with Gasteiger partial charge in [-0.25, -0.2) is 0 Å². The van der Waals surface area contributed by atoms with Crippen LogP contribution in [-0.2, 0) is 4.79 Å². The van der Waals surface area contributed by atoms with E-state index < -0.39 is 6.04 Å². The summed E-state index contributed by atoms with van der Waals surface area (Å²) in [5.41, 5.74) is 5.87. The number of nitriles is 1. The highest BCUT2D eigenvalue weighted by atomic mass is 16.2. The lowest BCUT2D eigenvalue weighted by Crippen LogP contribution is -2.48. The van der Waals surface area contributed by atoms with Gasteiger partial charge in [0.25, 0.3) is 0 Å². The Balaban J connectivity index is 2.64. The largest absolute Gasteiger partial charge is 0.325 e. The molecule has 1 saturated heterocycles. The Morgan fingerprint density at radius 2 is 2.40 bits per heavy atom. The standard InChI is InChI=1S/C11H19N3O/c1-3-8(2)10(13)11(15)14-6-4-5-9(14)7-12/h8-10H,3-6,13H2,1-2H3/t8-,9?,10+/m1/s1. The number of carbonyl (C=O) groups is 1. The third-order valence-electron chi connectivity index (χ3n) is 3.23. The van der Waals surface area contributed by atoms with Gasteiger partial charge in [-0.15, -0.1) is 0 Å². The van der Waals surface area contributed by atoms with Crippen LogP contribution in [0.5, 0.6) is 0 Å². The summed E-state index contributed by atoms with van der Waals surface area (Å²) in [6, 6.07) is 1.44. The van der Waals surface area contributed by atoms with E-state index in [0.29, 0.717) is 6.54 Å². The molecule has 0 aromatic rings. The molecule has 1 aliphatic rings. The number of likely N-dealkylation sites (tertiary alicyclic amines) is 1. The van der Waals surface area contributed by atoms with Gasteiger partial charge in [0.1, 0.15) is 6.04 Å². The zero-order chi connectivity index (χ0) is 11.4. The van der Waals surface area contributed by atoms with Crippen molar-refractivity contribution in [3.05, 3.63) is 0 Å². The molecule has 0 saturated carbocycles. The molecule has 1 rings (SSSR count). The average Bonchev–Trinajstić information content (AvgIpc) is 2.73. The van der Waals surface area contributed by atoms with Crippen LogP contribution in [-0.4, -0.2) is 29.4 Å². The van der Waals surface area contributed by atoms with Crippen LogP contribution >= 0.6 is 0 Å². The average molecular weight is 209 g/mol. The van der Waals surface area contributed by atoms with Crippen LogP contribution in [0.2, 0.25) is 0 Å². The minimum atomic E-state index is -0.455. The summed E-state index contributed by atoms with van der Waals surface area (Å²) in [5.74, 6) is 0.117. The molecule has 84 valence electrons. The summed E-state index contributed by atoms with van der Waals surface area (Å²) in [6.45, 7) is 4.67. The zero-order valence-electron chi connectivity index (χ0n) is 9.44. The first-order valence-corrected chi connectivity index (χ1v) is 5.57. The summed E-state index contributed by atoms with van der Waals surface area (Å²) >= 11 is 0. The maximum Gasteiger partial charge on any atom is 0.240 e. The molecule has 1 amide bonds. The van der Waals surface area contributed by atoms with Gasteiger partial charge in [-0.2, -0.15) is 5.26 Å². The van der Waals surface area contributed by atoms with Crippen molar-refractivity contribution in [1.82, 2.24) is 4.90 Å². The SMILES string of the molecule is CC[C@@H](C)[C@H](N)C(=O)N1CCCC1C#N. The van der Waals surface area contributed by atoms with Crippen molar-refractivity contribution in [2.75, 3.05) is 6.54 Å². The molecule has 4 nitrogen and oxygen atoms in total. The lowest BCUT2D eigenvalue weighted by Gasteiger charge is -2.26. The Morgan fingerprint density at radius 1 is 1.73 bits per heavy atom. The molecule has 1 heterocycles. The minimum absolute atomic E-state index is 0.0617. The zero-order valence-corrected chi connectivity index (χ0v) is 9.44. The van der Waals surface area contributed by atoms with E-state index in [1.54, 1.807) is 4.90 Å². The van der Waals surface area contributed by atoms with E-state index in [0.717, 1.165) is 19.3 Å². The molecule has 0 bridgehead atoms. The van der Waals surface area contributed by atoms with E-state index in [1.807, 2.05) is 13.8 Å². The summed E-state index contributed by atoms with van der Waals surface area (Å²) < 4.78 is 0. The fraction of sp³-hybridized carbons (Fsp3) is 0.818.